The topological polar surface area (TPSA) is 65.1 Å². The van der Waals surface area contributed by atoms with Gasteiger partial charge in [-0.15, -0.1) is 0 Å². The molecule has 0 aliphatic heterocycles. The first kappa shape index (κ1) is 32.2. The Labute approximate surface area is 226 Å². The van der Waals surface area contributed by atoms with Crippen molar-refractivity contribution >= 4 is 20.2 Å². The molecule has 2 aromatic rings. The van der Waals surface area contributed by atoms with Crippen LogP contribution in [0.1, 0.15) is 47.8 Å². The van der Waals surface area contributed by atoms with Crippen LogP contribution >= 0.6 is 0 Å². The van der Waals surface area contributed by atoms with Gasteiger partial charge in [-0.1, -0.05) is 0 Å². The Kier molecular flexibility index (Phi) is 10.3. The Morgan fingerprint density at radius 3 is 1.87 bits per heavy atom. The summed E-state index contributed by atoms with van der Waals surface area (Å²) in [7, 11) is -2.28. The van der Waals surface area contributed by atoms with Gasteiger partial charge < -0.3 is 18.8 Å². The predicted molar refractivity (Wildman–Crippen MR) is 138 cm³/mol. The monoisotopic (exact) mass is 575 g/mol. The molecule has 0 N–H and O–H groups in total. The maximum absolute atomic E-state index is 14.4. The Hall–Kier alpha value is -2.99. The normalized spacial score (nSPS) is 12.5. The Bertz CT molecular complexity index is 1230. The quantitative estimate of drug-likeness (QED) is 0.0822. The second kappa shape index (κ2) is 12.5. The van der Waals surface area contributed by atoms with Crippen LogP contribution in [0, 0.1) is 49.9 Å². The van der Waals surface area contributed by atoms with E-state index in [9.17, 15) is 31.5 Å². The second-order valence-corrected chi connectivity index (χ2v) is 15.0. The molecule has 0 heterocycles. The molecular weight excluding hydrogens is 541 g/mol. The van der Waals surface area contributed by atoms with Crippen LogP contribution in [0.25, 0.3) is 0 Å². The third-order valence-corrected chi connectivity index (χ3v) is 6.92. The minimum absolute atomic E-state index is 0.0928. The number of nitrogens with zero attached hydrogens (tertiary/aromatic N) is 1. The smallest absolute Gasteiger partial charge is 0.308 e. The van der Waals surface area contributed by atoms with Gasteiger partial charge in [-0.05, 0) is 77.0 Å². The highest BCUT2D eigenvalue weighted by Gasteiger charge is 2.35. The van der Waals surface area contributed by atoms with Gasteiger partial charge in [-0.25, -0.2) is 22.0 Å². The average molecular weight is 576 g/mol. The highest BCUT2D eigenvalue weighted by molar-refractivity contribution is 6.69. The maximum atomic E-state index is 14.4. The van der Waals surface area contributed by atoms with E-state index < -0.39 is 67.0 Å². The van der Waals surface area contributed by atoms with Crippen molar-refractivity contribution in [1.29, 1.82) is 0 Å². The highest BCUT2D eigenvalue weighted by Crippen LogP contribution is 2.33. The molecule has 6 nitrogen and oxygen atoms in total. The van der Waals surface area contributed by atoms with E-state index in [1.165, 1.54) is 6.92 Å². The van der Waals surface area contributed by atoms with Crippen molar-refractivity contribution in [3.63, 3.8) is 0 Å². The van der Waals surface area contributed by atoms with E-state index >= 15 is 0 Å². The molecular formula is C27H34F5NO5Si. The van der Waals surface area contributed by atoms with E-state index in [0.717, 1.165) is 4.90 Å². The fraction of sp³-hybridized carbons (Fsp3) is 0.481. The van der Waals surface area contributed by atoms with Gasteiger partial charge in [-0.3, -0.25) is 9.59 Å². The average Bonchev–Trinajstić information content (AvgIpc) is 2.82. The first-order valence-electron chi connectivity index (χ1n) is 12.3. The summed E-state index contributed by atoms with van der Waals surface area (Å²) in [6.45, 7) is 15.0. The van der Waals surface area contributed by atoms with Gasteiger partial charge >= 0.3 is 5.97 Å². The zero-order valence-electron chi connectivity index (χ0n) is 23.5. The van der Waals surface area contributed by atoms with Crippen molar-refractivity contribution in [3.05, 3.63) is 57.4 Å². The van der Waals surface area contributed by atoms with Gasteiger partial charge in [0.25, 0.3) is 5.91 Å². The van der Waals surface area contributed by atoms with Crippen LogP contribution in [0.15, 0.2) is 6.07 Å². The van der Waals surface area contributed by atoms with Crippen molar-refractivity contribution in [2.45, 2.75) is 73.3 Å². The molecule has 0 radical (unpaired) electrons. The molecule has 1 amide bonds. The fourth-order valence-electron chi connectivity index (χ4n) is 3.96. The largest absolute Gasteiger partial charge is 0.491 e. The summed E-state index contributed by atoms with van der Waals surface area (Å²) >= 11 is 0. The number of rotatable bonds is 10. The SMILES string of the molecule is CC(=O)Oc1c(C)cc(OCC(CN(C(=O)c2c(F)c(F)c(F)c(F)c2F)C(C)C)O[Si](C)(C)C)c(C)c1C. The summed E-state index contributed by atoms with van der Waals surface area (Å²) in [5, 5.41) is 0. The molecule has 12 heteroatoms. The molecule has 0 fully saturated rings. The van der Waals surface area contributed by atoms with Crippen molar-refractivity contribution in [2.75, 3.05) is 13.2 Å². The molecule has 0 saturated carbocycles. The second-order valence-electron chi connectivity index (χ2n) is 10.5. The predicted octanol–water partition coefficient (Wildman–Crippen LogP) is 6.38. The molecule has 0 aromatic heterocycles. The van der Waals surface area contributed by atoms with Gasteiger partial charge in [0.1, 0.15) is 23.7 Å². The number of halogens is 5. The molecule has 0 bridgehead atoms. The fourth-order valence-corrected chi connectivity index (χ4v) is 5.11. The molecule has 216 valence electrons. The van der Waals surface area contributed by atoms with Gasteiger partial charge in [0.15, 0.2) is 31.6 Å². The Morgan fingerprint density at radius 1 is 0.897 bits per heavy atom. The Balaban J connectivity index is 2.42. The van der Waals surface area contributed by atoms with Gasteiger partial charge in [0.2, 0.25) is 5.82 Å². The van der Waals surface area contributed by atoms with E-state index in [2.05, 4.69) is 0 Å². The van der Waals surface area contributed by atoms with Gasteiger partial charge in [0, 0.05) is 19.5 Å². The standard InChI is InChI=1S/C27H34F5NO5Si/c1-13(2)33(27(35)20-21(28)23(30)25(32)24(31)22(20)29)11-18(38-39(7,8)9)12-36-19-10-14(3)26(37-17(6)34)16(5)15(19)4/h10,13,18H,11-12H2,1-9H3. The van der Waals surface area contributed by atoms with Crippen molar-refractivity contribution in [1.82, 2.24) is 4.90 Å². The molecule has 1 unspecified atom stereocenters. The minimum atomic E-state index is -2.34. The molecule has 2 rings (SSSR count). The molecule has 1 atom stereocenters. The maximum Gasteiger partial charge on any atom is 0.308 e. The minimum Gasteiger partial charge on any atom is -0.491 e. The van der Waals surface area contributed by atoms with Crippen LogP contribution in [-0.4, -0.2) is 50.4 Å². The summed E-state index contributed by atoms with van der Waals surface area (Å²) in [5.41, 5.74) is 0.502. The number of benzene rings is 2. The number of carbonyl (C=O) groups is 2. The molecule has 0 aliphatic rings. The number of hydrogen-bond acceptors (Lipinski definition) is 5. The van der Waals surface area contributed by atoms with Crippen LogP contribution in [-0.2, 0) is 9.22 Å². The third kappa shape index (κ3) is 7.56. The van der Waals surface area contributed by atoms with E-state index in [1.807, 2.05) is 19.6 Å². The number of aryl methyl sites for hydroxylation is 1. The van der Waals surface area contributed by atoms with Crippen molar-refractivity contribution in [2.24, 2.45) is 0 Å². The number of hydrogen-bond donors (Lipinski definition) is 0. The van der Waals surface area contributed by atoms with Crippen LogP contribution in [0.5, 0.6) is 11.5 Å². The number of ether oxygens (including phenoxy) is 2. The van der Waals surface area contributed by atoms with E-state index in [0.29, 0.717) is 28.2 Å². The van der Waals surface area contributed by atoms with Crippen LogP contribution in [0.3, 0.4) is 0 Å². The summed E-state index contributed by atoms with van der Waals surface area (Å²) in [5.74, 6) is -12.1. The molecule has 2 aromatic carbocycles. The van der Waals surface area contributed by atoms with Crippen LogP contribution < -0.4 is 9.47 Å². The molecule has 0 saturated heterocycles. The number of carbonyl (C=O) groups excluding carboxylic acids is 2. The van der Waals surface area contributed by atoms with E-state index in [-0.39, 0.29) is 13.2 Å². The van der Waals surface area contributed by atoms with Crippen molar-refractivity contribution in [3.8, 4) is 11.5 Å². The lowest BCUT2D eigenvalue weighted by Gasteiger charge is -2.34. The Morgan fingerprint density at radius 2 is 1.41 bits per heavy atom. The lowest BCUT2D eigenvalue weighted by molar-refractivity contribution is -0.132. The third-order valence-electron chi connectivity index (χ3n) is 5.88. The first-order chi connectivity index (χ1) is 17.9. The summed E-state index contributed by atoms with van der Waals surface area (Å²) in [6, 6.07) is 1.00. The lowest BCUT2D eigenvalue weighted by atomic mass is 10.0. The lowest BCUT2D eigenvalue weighted by Crippen LogP contribution is -2.48. The van der Waals surface area contributed by atoms with Gasteiger partial charge in [-0.2, -0.15) is 0 Å². The summed E-state index contributed by atoms with van der Waals surface area (Å²) < 4.78 is 87.6. The van der Waals surface area contributed by atoms with E-state index in [4.69, 9.17) is 13.9 Å². The molecule has 0 spiro atoms. The number of esters is 1. The zero-order valence-corrected chi connectivity index (χ0v) is 24.5. The van der Waals surface area contributed by atoms with Crippen LogP contribution in [0.2, 0.25) is 19.6 Å². The van der Waals surface area contributed by atoms with E-state index in [1.54, 1.807) is 40.7 Å². The van der Waals surface area contributed by atoms with Crippen LogP contribution in [0.4, 0.5) is 22.0 Å². The first-order valence-corrected chi connectivity index (χ1v) is 15.7. The summed E-state index contributed by atoms with van der Waals surface area (Å²) in [6.07, 6.45) is -0.808. The summed E-state index contributed by atoms with van der Waals surface area (Å²) in [4.78, 5) is 25.6. The highest BCUT2D eigenvalue weighted by atomic mass is 28.4. The molecule has 0 aliphatic carbocycles. The van der Waals surface area contributed by atoms with Crippen molar-refractivity contribution < 1.29 is 45.4 Å². The number of amides is 1. The molecule has 39 heavy (non-hydrogen) atoms. The zero-order chi connectivity index (χ0) is 30.0. The van der Waals surface area contributed by atoms with Gasteiger partial charge in [0.05, 0.1) is 6.10 Å².